The quantitative estimate of drug-likeness (QED) is 0.663. The zero-order valence-corrected chi connectivity index (χ0v) is 7.36. The highest BCUT2D eigenvalue weighted by molar-refractivity contribution is 7.60. The largest absolute Gasteiger partial charge is 0.497 e. The maximum absolute atomic E-state index is 10.7. The van der Waals surface area contributed by atoms with Crippen LogP contribution in [0.1, 0.15) is 0 Å². The zero-order chi connectivity index (χ0) is 9.19. The van der Waals surface area contributed by atoms with Crippen LogP contribution in [0.4, 0.5) is 0 Å². The molecule has 0 saturated heterocycles. The summed E-state index contributed by atoms with van der Waals surface area (Å²) in [6.45, 7) is 0. The maximum atomic E-state index is 10.7. The average molecular weight is 188 g/mol. The van der Waals surface area contributed by atoms with Gasteiger partial charge in [-0.1, -0.05) is 6.07 Å². The number of benzene rings is 1. The van der Waals surface area contributed by atoms with Gasteiger partial charge in [-0.2, -0.15) is 0 Å². The van der Waals surface area contributed by atoms with Crippen molar-refractivity contribution in [2.45, 2.75) is 0 Å². The Balaban J connectivity index is 3.11. The molecule has 0 fully saturated rings. The zero-order valence-electron chi connectivity index (χ0n) is 6.47. The summed E-state index contributed by atoms with van der Waals surface area (Å²) < 4.78 is 15.5. The Labute approximate surface area is 70.0 Å². The van der Waals surface area contributed by atoms with E-state index < -0.39 is 7.60 Å². The smallest absolute Gasteiger partial charge is 0.356 e. The van der Waals surface area contributed by atoms with Crippen molar-refractivity contribution in [1.82, 2.24) is 0 Å². The molecule has 4 nitrogen and oxygen atoms in total. The van der Waals surface area contributed by atoms with E-state index in [1.165, 1.54) is 25.3 Å². The summed E-state index contributed by atoms with van der Waals surface area (Å²) in [6.07, 6.45) is 0. The third-order valence-electron chi connectivity index (χ3n) is 1.39. The van der Waals surface area contributed by atoms with E-state index >= 15 is 0 Å². The number of rotatable bonds is 2. The first-order valence-electron chi connectivity index (χ1n) is 3.24. The minimum absolute atomic E-state index is 0.0261. The van der Waals surface area contributed by atoms with Gasteiger partial charge in [0.25, 0.3) is 0 Å². The molecule has 0 spiro atoms. The van der Waals surface area contributed by atoms with Crippen LogP contribution >= 0.6 is 7.60 Å². The van der Waals surface area contributed by atoms with Gasteiger partial charge in [0.2, 0.25) is 0 Å². The Morgan fingerprint density at radius 3 is 2.58 bits per heavy atom. The van der Waals surface area contributed by atoms with Crippen LogP contribution in [-0.4, -0.2) is 16.9 Å². The van der Waals surface area contributed by atoms with Crippen molar-refractivity contribution >= 4 is 12.9 Å². The van der Waals surface area contributed by atoms with E-state index in [4.69, 9.17) is 14.5 Å². The van der Waals surface area contributed by atoms with E-state index in [1.807, 2.05) is 0 Å². The molecule has 0 unspecified atom stereocenters. The summed E-state index contributed by atoms with van der Waals surface area (Å²) in [6, 6.07) is 5.84. The molecule has 0 saturated carbocycles. The molecule has 0 aromatic heterocycles. The van der Waals surface area contributed by atoms with Gasteiger partial charge in [-0.3, -0.25) is 4.57 Å². The molecule has 1 aromatic carbocycles. The monoisotopic (exact) mass is 188 g/mol. The van der Waals surface area contributed by atoms with Crippen LogP contribution in [0.15, 0.2) is 24.3 Å². The Morgan fingerprint density at radius 2 is 2.08 bits per heavy atom. The SMILES string of the molecule is COc1cccc(P(=O)(O)O)c1. The molecule has 1 rings (SSSR count). The lowest BCUT2D eigenvalue weighted by Gasteiger charge is -2.05. The van der Waals surface area contributed by atoms with E-state index in [1.54, 1.807) is 6.07 Å². The summed E-state index contributed by atoms with van der Waals surface area (Å²) in [7, 11) is -2.69. The first-order valence-corrected chi connectivity index (χ1v) is 4.85. The van der Waals surface area contributed by atoms with Crippen molar-refractivity contribution in [2.75, 3.05) is 7.11 Å². The highest BCUT2D eigenvalue weighted by atomic mass is 31.2. The Morgan fingerprint density at radius 1 is 1.42 bits per heavy atom. The van der Waals surface area contributed by atoms with Crippen LogP contribution in [0.2, 0.25) is 0 Å². The molecule has 0 aliphatic carbocycles. The maximum Gasteiger partial charge on any atom is 0.356 e. The number of hydrogen-bond acceptors (Lipinski definition) is 2. The first kappa shape index (κ1) is 9.26. The Kier molecular flexibility index (Phi) is 2.52. The summed E-state index contributed by atoms with van der Waals surface area (Å²) in [4.78, 5) is 17.5. The molecular weight excluding hydrogens is 179 g/mol. The van der Waals surface area contributed by atoms with E-state index in [9.17, 15) is 4.57 Å². The Bertz CT molecular complexity index is 317. The van der Waals surface area contributed by atoms with Gasteiger partial charge in [-0.05, 0) is 18.2 Å². The lowest BCUT2D eigenvalue weighted by molar-refractivity contribution is 0.386. The summed E-state index contributed by atoms with van der Waals surface area (Å²) >= 11 is 0. The van der Waals surface area contributed by atoms with E-state index in [-0.39, 0.29) is 5.30 Å². The van der Waals surface area contributed by atoms with Crippen molar-refractivity contribution in [1.29, 1.82) is 0 Å². The third-order valence-corrected chi connectivity index (χ3v) is 2.34. The van der Waals surface area contributed by atoms with Gasteiger partial charge in [-0.15, -0.1) is 0 Å². The number of methoxy groups -OCH3 is 1. The number of hydrogen-bond donors (Lipinski definition) is 2. The second-order valence-corrected chi connectivity index (χ2v) is 3.85. The molecule has 0 bridgehead atoms. The predicted molar refractivity (Wildman–Crippen MR) is 44.7 cm³/mol. The summed E-state index contributed by atoms with van der Waals surface area (Å²) in [5.74, 6) is 0.441. The van der Waals surface area contributed by atoms with Crippen LogP contribution in [0, 0.1) is 0 Å². The molecule has 5 heteroatoms. The lowest BCUT2D eigenvalue weighted by atomic mass is 10.3. The fourth-order valence-electron chi connectivity index (χ4n) is 0.792. The van der Waals surface area contributed by atoms with Gasteiger partial charge in [0.1, 0.15) is 5.75 Å². The molecule has 0 radical (unpaired) electrons. The number of ether oxygens (including phenoxy) is 1. The van der Waals surface area contributed by atoms with Gasteiger partial charge in [0, 0.05) is 0 Å². The van der Waals surface area contributed by atoms with Crippen molar-refractivity contribution in [3.05, 3.63) is 24.3 Å². The van der Waals surface area contributed by atoms with Gasteiger partial charge in [0.05, 0.1) is 12.4 Å². The molecule has 0 heterocycles. The fraction of sp³-hybridized carbons (Fsp3) is 0.143. The molecular formula is C7H9O4P. The molecule has 1 aromatic rings. The standard InChI is InChI=1S/C7H9O4P/c1-11-6-3-2-4-7(5-6)12(8,9)10/h2-5H,1H3,(H2,8,9,10). The fourth-order valence-corrected chi connectivity index (χ4v) is 1.37. The van der Waals surface area contributed by atoms with E-state index in [0.717, 1.165) is 0 Å². The van der Waals surface area contributed by atoms with Gasteiger partial charge < -0.3 is 14.5 Å². The second kappa shape index (κ2) is 3.27. The van der Waals surface area contributed by atoms with E-state index in [0.29, 0.717) is 5.75 Å². The van der Waals surface area contributed by atoms with Crippen molar-refractivity contribution in [3.63, 3.8) is 0 Å². The van der Waals surface area contributed by atoms with Crippen LogP contribution in [0.5, 0.6) is 5.75 Å². The molecule has 0 aliphatic rings. The molecule has 12 heavy (non-hydrogen) atoms. The van der Waals surface area contributed by atoms with Crippen LogP contribution in [0.3, 0.4) is 0 Å². The normalized spacial score (nSPS) is 11.2. The van der Waals surface area contributed by atoms with E-state index in [2.05, 4.69) is 0 Å². The van der Waals surface area contributed by atoms with Gasteiger partial charge in [0.15, 0.2) is 0 Å². The highest BCUT2D eigenvalue weighted by Gasteiger charge is 2.16. The van der Waals surface area contributed by atoms with Crippen molar-refractivity contribution < 1.29 is 19.1 Å². The van der Waals surface area contributed by atoms with Crippen molar-refractivity contribution in [2.24, 2.45) is 0 Å². The van der Waals surface area contributed by atoms with Gasteiger partial charge >= 0.3 is 7.60 Å². The summed E-state index contributed by atoms with van der Waals surface area (Å²) in [5.41, 5.74) is 0. The molecule has 2 N–H and O–H groups in total. The minimum Gasteiger partial charge on any atom is -0.497 e. The third kappa shape index (κ3) is 2.08. The molecule has 0 atom stereocenters. The molecule has 66 valence electrons. The molecule has 0 amide bonds. The van der Waals surface area contributed by atoms with Crippen LogP contribution in [-0.2, 0) is 4.57 Å². The van der Waals surface area contributed by atoms with Crippen molar-refractivity contribution in [3.8, 4) is 5.75 Å². The predicted octanol–water partition coefficient (Wildman–Crippen LogP) is 0.498. The second-order valence-electron chi connectivity index (χ2n) is 2.25. The highest BCUT2D eigenvalue weighted by Crippen LogP contribution is 2.33. The first-order chi connectivity index (χ1) is 5.54. The molecule has 0 aliphatic heterocycles. The summed E-state index contributed by atoms with van der Waals surface area (Å²) in [5, 5.41) is -0.0261. The Hall–Kier alpha value is -0.830. The van der Waals surface area contributed by atoms with Crippen LogP contribution < -0.4 is 10.0 Å². The average Bonchev–Trinajstić information content (AvgIpc) is 2.03. The van der Waals surface area contributed by atoms with Crippen LogP contribution in [0.25, 0.3) is 0 Å². The minimum atomic E-state index is -4.14. The topological polar surface area (TPSA) is 66.8 Å². The van der Waals surface area contributed by atoms with Gasteiger partial charge in [-0.25, -0.2) is 0 Å². The lowest BCUT2D eigenvalue weighted by Crippen LogP contribution is -2.03.